The molecule has 23 heavy (non-hydrogen) atoms. The lowest BCUT2D eigenvalue weighted by Gasteiger charge is -2.56. The molecule has 1 aliphatic carbocycles. The van der Waals surface area contributed by atoms with Crippen LogP contribution in [0.1, 0.15) is 38.5 Å². The van der Waals surface area contributed by atoms with Gasteiger partial charge in [-0.05, 0) is 44.2 Å². The fraction of sp³-hybridized carbons (Fsp3) is 0.588. The van der Waals surface area contributed by atoms with Crippen molar-refractivity contribution in [2.24, 2.45) is 5.73 Å². The number of ether oxygens (including phenoxy) is 1. The third-order valence-corrected chi connectivity index (χ3v) is 4.81. The molecule has 1 aliphatic heterocycles. The van der Waals surface area contributed by atoms with Gasteiger partial charge in [0.1, 0.15) is 11.6 Å². The highest BCUT2D eigenvalue weighted by Gasteiger charge is 2.49. The van der Waals surface area contributed by atoms with Crippen LogP contribution < -0.4 is 10.5 Å². The van der Waals surface area contributed by atoms with Gasteiger partial charge in [0.15, 0.2) is 0 Å². The minimum atomic E-state index is -0.331. The van der Waals surface area contributed by atoms with Crippen LogP contribution in [0.5, 0.6) is 5.75 Å². The van der Waals surface area contributed by atoms with Gasteiger partial charge in [-0.15, -0.1) is 12.4 Å². The zero-order valence-electron chi connectivity index (χ0n) is 13.2. The quantitative estimate of drug-likeness (QED) is 0.915. The number of rotatable bonds is 4. The van der Waals surface area contributed by atoms with E-state index in [-0.39, 0.29) is 42.3 Å². The van der Waals surface area contributed by atoms with Crippen molar-refractivity contribution < 1.29 is 13.9 Å². The highest BCUT2D eigenvalue weighted by molar-refractivity contribution is 5.85. The molecule has 128 valence electrons. The first-order valence-corrected chi connectivity index (χ1v) is 8.03. The van der Waals surface area contributed by atoms with Crippen LogP contribution in [-0.2, 0) is 4.79 Å². The monoisotopic (exact) mass is 342 g/mol. The van der Waals surface area contributed by atoms with Crippen molar-refractivity contribution in [3.8, 4) is 5.75 Å². The molecule has 2 N–H and O–H groups in total. The second kappa shape index (κ2) is 7.49. The summed E-state index contributed by atoms with van der Waals surface area (Å²) in [6, 6.07) is 6.23. The van der Waals surface area contributed by atoms with E-state index in [2.05, 4.69) is 0 Å². The molecule has 1 aromatic rings. The number of halogens is 2. The van der Waals surface area contributed by atoms with Gasteiger partial charge in [0, 0.05) is 24.2 Å². The van der Waals surface area contributed by atoms with Gasteiger partial charge < -0.3 is 15.4 Å². The first-order chi connectivity index (χ1) is 10.6. The Morgan fingerprint density at radius 3 is 2.87 bits per heavy atom. The topological polar surface area (TPSA) is 55.6 Å². The second-order valence-corrected chi connectivity index (χ2v) is 6.45. The van der Waals surface area contributed by atoms with Crippen LogP contribution in [0.15, 0.2) is 24.3 Å². The Hall–Kier alpha value is -1.33. The average Bonchev–Trinajstić information content (AvgIpc) is 2.46. The molecule has 0 radical (unpaired) electrons. The smallest absolute Gasteiger partial charge is 0.226 e. The zero-order valence-corrected chi connectivity index (χ0v) is 14.0. The van der Waals surface area contributed by atoms with E-state index in [9.17, 15) is 9.18 Å². The number of amides is 1. The second-order valence-electron chi connectivity index (χ2n) is 6.45. The highest BCUT2D eigenvalue weighted by atomic mass is 35.5. The van der Waals surface area contributed by atoms with Gasteiger partial charge in [0.2, 0.25) is 5.91 Å². The molecule has 0 aromatic heterocycles. The van der Waals surface area contributed by atoms with E-state index < -0.39 is 0 Å². The number of nitrogens with zero attached hydrogens (tertiary/aromatic N) is 1. The summed E-state index contributed by atoms with van der Waals surface area (Å²) in [6.45, 7) is 1.10. The Bertz CT molecular complexity index is 544. The Kier molecular flexibility index (Phi) is 5.87. The van der Waals surface area contributed by atoms with Gasteiger partial charge in [-0.3, -0.25) is 4.79 Å². The number of benzene rings is 1. The van der Waals surface area contributed by atoms with Gasteiger partial charge in [0.25, 0.3) is 0 Å². The minimum absolute atomic E-state index is 0. The van der Waals surface area contributed by atoms with Crippen molar-refractivity contribution in [1.82, 2.24) is 4.90 Å². The van der Waals surface area contributed by atoms with Crippen LogP contribution in [-0.4, -0.2) is 35.5 Å². The summed E-state index contributed by atoms with van der Waals surface area (Å²) in [5, 5.41) is 0. The van der Waals surface area contributed by atoms with Crippen molar-refractivity contribution >= 4 is 18.3 Å². The van der Waals surface area contributed by atoms with Crippen molar-refractivity contribution in [3.63, 3.8) is 0 Å². The Balaban J connectivity index is 0.00000192. The third-order valence-electron chi connectivity index (χ3n) is 4.81. The minimum Gasteiger partial charge on any atom is -0.493 e. The van der Waals surface area contributed by atoms with Gasteiger partial charge >= 0.3 is 0 Å². The SMILES string of the molecule is Cl.NC1CC2(CCCCN2C(=O)CCOc2cccc(F)c2)C1. The van der Waals surface area contributed by atoms with Crippen LogP contribution in [0.25, 0.3) is 0 Å². The van der Waals surface area contributed by atoms with E-state index in [1.807, 2.05) is 4.90 Å². The molecule has 0 unspecified atom stereocenters. The van der Waals surface area contributed by atoms with Gasteiger partial charge in [0.05, 0.1) is 13.0 Å². The van der Waals surface area contributed by atoms with Crippen LogP contribution >= 0.6 is 12.4 Å². The summed E-state index contributed by atoms with van der Waals surface area (Å²) in [7, 11) is 0. The lowest BCUT2D eigenvalue weighted by Crippen LogP contribution is -2.65. The summed E-state index contributed by atoms with van der Waals surface area (Å²) in [6.07, 6.45) is 5.47. The van der Waals surface area contributed by atoms with E-state index in [1.165, 1.54) is 18.6 Å². The number of likely N-dealkylation sites (tertiary alicyclic amines) is 1. The molecule has 2 fully saturated rings. The zero-order chi connectivity index (χ0) is 15.6. The summed E-state index contributed by atoms with van der Waals surface area (Å²) in [4.78, 5) is 14.5. The maximum absolute atomic E-state index is 13.1. The molecule has 0 atom stereocenters. The van der Waals surface area contributed by atoms with Crippen molar-refractivity contribution in [3.05, 3.63) is 30.1 Å². The summed E-state index contributed by atoms with van der Waals surface area (Å²) in [5.74, 6) is 0.261. The predicted octanol–water partition coefficient (Wildman–Crippen LogP) is 2.89. The summed E-state index contributed by atoms with van der Waals surface area (Å²) in [5.41, 5.74) is 5.95. The van der Waals surface area contributed by atoms with Gasteiger partial charge in [-0.25, -0.2) is 4.39 Å². The lowest BCUT2D eigenvalue weighted by atomic mass is 9.67. The third kappa shape index (κ3) is 3.96. The maximum Gasteiger partial charge on any atom is 0.226 e. The lowest BCUT2D eigenvalue weighted by molar-refractivity contribution is -0.146. The Labute approximate surface area is 142 Å². The molecule has 4 nitrogen and oxygen atoms in total. The van der Waals surface area contributed by atoms with Gasteiger partial charge in [-0.2, -0.15) is 0 Å². The number of carbonyl (C=O) groups excluding carboxylic acids is 1. The molecule has 1 amide bonds. The molecule has 0 bridgehead atoms. The largest absolute Gasteiger partial charge is 0.493 e. The van der Waals surface area contributed by atoms with Crippen molar-refractivity contribution in [2.45, 2.75) is 50.1 Å². The van der Waals surface area contributed by atoms with Crippen molar-refractivity contribution in [1.29, 1.82) is 0 Å². The molecule has 1 saturated carbocycles. The molecule has 1 aromatic carbocycles. The molecule has 6 heteroatoms. The van der Waals surface area contributed by atoms with E-state index in [0.717, 1.165) is 32.2 Å². The molecule has 1 saturated heterocycles. The number of carbonyl (C=O) groups is 1. The molecule has 3 rings (SSSR count). The van der Waals surface area contributed by atoms with Crippen LogP contribution in [0.4, 0.5) is 4.39 Å². The normalized spacial score (nSPS) is 26.3. The fourth-order valence-corrected chi connectivity index (χ4v) is 3.77. The first-order valence-electron chi connectivity index (χ1n) is 8.03. The summed E-state index contributed by atoms with van der Waals surface area (Å²) >= 11 is 0. The summed E-state index contributed by atoms with van der Waals surface area (Å²) < 4.78 is 18.5. The molecule has 1 spiro atoms. The van der Waals surface area contributed by atoms with Crippen LogP contribution in [0, 0.1) is 5.82 Å². The number of piperidine rings is 1. The molecule has 1 heterocycles. The van der Waals surface area contributed by atoms with E-state index in [0.29, 0.717) is 12.2 Å². The maximum atomic E-state index is 13.1. The van der Waals surface area contributed by atoms with Crippen LogP contribution in [0.2, 0.25) is 0 Å². The predicted molar refractivity (Wildman–Crippen MR) is 89.3 cm³/mol. The average molecular weight is 343 g/mol. The molecular weight excluding hydrogens is 319 g/mol. The molecule has 2 aliphatic rings. The van der Waals surface area contributed by atoms with Gasteiger partial charge in [-0.1, -0.05) is 6.07 Å². The Morgan fingerprint density at radius 2 is 2.17 bits per heavy atom. The Morgan fingerprint density at radius 1 is 1.39 bits per heavy atom. The van der Waals surface area contributed by atoms with Crippen molar-refractivity contribution in [2.75, 3.05) is 13.2 Å². The number of hydrogen-bond acceptors (Lipinski definition) is 3. The number of nitrogens with two attached hydrogens (primary N) is 1. The number of hydrogen-bond donors (Lipinski definition) is 1. The van der Waals surface area contributed by atoms with E-state index >= 15 is 0 Å². The molecular formula is C17H24ClFN2O2. The van der Waals surface area contributed by atoms with E-state index in [1.54, 1.807) is 12.1 Å². The van der Waals surface area contributed by atoms with Crippen LogP contribution in [0.3, 0.4) is 0 Å². The fourth-order valence-electron chi connectivity index (χ4n) is 3.77. The standard InChI is InChI=1S/C17H23FN2O2.ClH/c18-13-4-3-5-15(10-13)22-9-6-16(21)20-8-2-1-7-17(20)11-14(19)12-17;/h3-5,10,14H,1-2,6-9,11-12,19H2;1H. The van der Waals surface area contributed by atoms with E-state index in [4.69, 9.17) is 10.5 Å². The highest BCUT2D eigenvalue weighted by Crippen LogP contribution is 2.43. The first kappa shape index (κ1) is 18.0.